The number of carbonyl (C=O) groups is 1. The number of hydrogen-bond acceptors (Lipinski definition) is 6. The first kappa shape index (κ1) is 22.3. The highest BCUT2D eigenvalue weighted by Gasteiger charge is 2.26. The van der Waals surface area contributed by atoms with E-state index in [0.717, 1.165) is 43.1 Å². The highest BCUT2D eigenvalue weighted by atomic mass is 35.5. The number of nitrogens with one attached hydrogen (secondary N) is 1. The quantitative estimate of drug-likeness (QED) is 0.586. The molecule has 0 saturated carbocycles. The number of nitrogens with zero attached hydrogens (tertiary/aromatic N) is 3. The molecule has 8 heteroatoms. The number of methoxy groups -OCH3 is 1. The monoisotopic (exact) mass is 454 g/mol. The predicted molar refractivity (Wildman–Crippen MR) is 124 cm³/mol. The number of carbonyl (C=O) groups excluding carboxylic acids is 1. The molecule has 2 aromatic carbocycles. The molecule has 0 unspecified atom stereocenters. The van der Waals surface area contributed by atoms with E-state index in [9.17, 15) is 4.79 Å². The van der Waals surface area contributed by atoms with Crippen LogP contribution in [0.3, 0.4) is 0 Å². The standard InChI is InChI=1S/C24H27ClN4O3/c1-28-11-13-29(14-12-28)22(19-5-3-4-6-20(19)25)16-26-24(30)21-15-23(32-27-21)17-7-9-18(31-2)10-8-17/h3-10,15,22H,11-14,16H2,1-2H3,(H,26,30)/t22-/m0/s1. The van der Waals surface area contributed by atoms with E-state index >= 15 is 0 Å². The van der Waals surface area contributed by atoms with Crippen molar-refractivity contribution in [2.45, 2.75) is 6.04 Å². The molecule has 1 saturated heterocycles. The van der Waals surface area contributed by atoms with Gasteiger partial charge in [-0.15, -0.1) is 0 Å². The van der Waals surface area contributed by atoms with Crippen molar-refractivity contribution in [3.05, 3.63) is 70.9 Å². The number of piperazine rings is 1. The summed E-state index contributed by atoms with van der Waals surface area (Å²) in [5.41, 5.74) is 2.08. The molecule has 1 aliphatic heterocycles. The van der Waals surface area contributed by atoms with E-state index in [1.807, 2.05) is 48.5 Å². The molecule has 7 nitrogen and oxygen atoms in total. The SMILES string of the molecule is COc1ccc(-c2cc(C(=O)NC[C@@H](c3ccccc3Cl)N3CCN(C)CC3)no2)cc1. The Kier molecular flexibility index (Phi) is 7.09. The average Bonchev–Trinajstić information content (AvgIpc) is 3.32. The Morgan fingerprint density at radius 1 is 1.16 bits per heavy atom. The van der Waals surface area contributed by atoms with Crippen LogP contribution in [0, 0.1) is 0 Å². The summed E-state index contributed by atoms with van der Waals surface area (Å²) in [5.74, 6) is 1.000. The summed E-state index contributed by atoms with van der Waals surface area (Å²) >= 11 is 6.51. The highest BCUT2D eigenvalue weighted by Crippen LogP contribution is 2.28. The van der Waals surface area contributed by atoms with Crippen molar-refractivity contribution in [1.29, 1.82) is 0 Å². The minimum atomic E-state index is -0.278. The molecule has 168 valence electrons. The zero-order chi connectivity index (χ0) is 22.5. The van der Waals surface area contributed by atoms with Crippen LogP contribution in [0.25, 0.3) is 11.3 Å². The van der Waals surface area contributed by atoms with Crippen LogP contribution in [0.1, 0.15) is 22.1 Å². The molecule has 1 fully saturated rings. The zero-order valence-electron chi connectivity index (χ0n) is 18.3. The molecular weight excluding hydrogens is 428 g/mol. The third kappa shape index (κ3) is 5.12. The van der Waals surface area contributed by atoms with Gasteiger partial charge in [0, 0.05) is 49.4 Å². The molecular formula is C24H27ClN4O3. The third-order valence-corrected chi connectivity index (χ3v) is 6.16. The number of amides is 1. The molecule has 0 spiro atoms. The maximum absolute atomic E-state index is 12.8. The first-order valence-electron chi connectivity index (χ1n) is 10.6. The van der Waals surface area contributed by atoms with E-state index < -0.39 is 0 Å². The third-order valence-electron chi connectivity index (χ3n) is 5.82. The van der Waals surface area contributed by atoms with E-state index in [1.165, 1.54) is 0 Å². The van der Waals surface area contributed by atoms with Crippen LogP contribution < -0.4 is 10.1 Å². The van der Waals surface area contributed by atoms with Gasteiger partial charge in [0.15, 0.2) is 11.5 Å². The molecule has 3 aromatic rings. The van der Waals surface area contributed by atoms with Crippen molar-refractivity contribution in [3.63, 3.8) is 0 Å². The van der Waals surface area contributed by atoms with E-state index in [4.69, 9.17) is 20.9 Å². The van der Waals surface area contributed by atoms with Crippen LogP contribution in [0.15, 0.2) is 59.1 Å². The largest absolute Gasteiger partial charge is 0.497 e. The Hall–Kier alpha value is -2.87. The molecule has 0 aliphatic carbocycles. The first-order valence-corrected chi connectivity index (χ1v) is 11.0. The predicted octanol–water partition coefficient (Wildman–Crippen LogP) is 3.72. The van der Waals surface area contributed by atoms with E-state index in [2.05, 4.69) is 27.3 Å². The smallest absolute Gasteiger partial charge is 0.273 e. The zero-order valence-corrected chi connectivity index (χ0v) is 19.0. The lowest BCUT2D eigenvalue weighted by molar-refractivity contribution is 0.0879. The number of likely N-dealkylation sites (N-methyl/N-ethyl adjacent to an activating group) is 1. The number of benzene rings is 2. The molecule has 1 aliphatic rings. The lowest BCUT2D eigenvalue weighted by Gasteiger charge is -2.38. The molecule has 1 amide bonds. The van der Waals surface area contributed by atoms with Crippen molar-refractivity contribution in [2.75, 3.05) is 46.9 Å². The van der Waals surface area contributed by atoms with Gasteiger partial charge in [0.1, 0.15) is 5.75 Å². The van der Waals surface area contributed by atoms with Crippen molar-refractivity contribution < 1.29 is 14.1 Å². The summed E-state index contributed by atoms with van der Waals surface area (Å²) in [4.78, 5) is 17.5. The second kappa shape index (κ2) is 10.2. The fourth-order valence-corrected chi connectivity index (χ4v) is 4.13. The van der Waals surface area contributed by atoms with Gasteiger partial charge in [-0.2, -0.15) is 0 Å². The van der Waals surface area contributed by atoms with Gasteiger partial charge in [0.05, 0.1) is 13.2 Å². The van der Waals surface area contributed by atoms with Crippen molar-refractivity contribution in [2.24, 2.45) is 0 Å². The summed E-state index contributed by atoms with van der Waals surface area (Å²) < 4.78 is 10.6. The van der Waals surface area contributed by atoms with Crippen LogP contribution in [-0.2, 0) is 0 Å². The van der Waals surface area contributed by atoms with Gasteiger partial charge >= 0.3 is 0 Å². The van der Waals surface area contributed by atoms with Gasteiger partial charge in [-0.3, -0.25) is 9.69 Å². The summed E-state index contributed by atoms with van der Waals surface area (Å²) in [6.07, 6.45) is 0. The molecule has 0 radical (unpaired) electrons. The van der Waals surface area contributed by atoms with Gasteiger partial charge < -0.3 is 19.5 Å². The highest BCUT2D eigenvalue weighted by molar-refractivity contribution is 6.31. The Balaban J connectivity index is 1.46. The number of halogens is 1. The van der Waals surface area contributed by atoms with E-state index in [-0.39, 0.29) is 17.6 Å². The summed E-state index contributed by atoms with van der Waals surface area (Å²) in [7, 11) is 3.73. The lowest BCUT2D eigenvalue weighted by atomic mass is 10.0. The normalized spacial score (nSPS) is 16.0. The minimum absolute atomic E-state index is 0.0192. The summed E-state index contributed by atoms with van der Waals surface area (Å²) in [5, 5.41) is 7.68. The Morgan fingerprint density at radius 3 is 2.56 bits per heavy atom. The van der Waals surface area contributed by atoms with E-state index in [1.54, 1.807) is 13.2 Å². The molecule has 1 N–H and O–H groups in total. The first-order chi connectivity index (χ1) is 15.5. The number of rotatable bonds is 7. The van der Waals surface area contributed by atoms with Gasteiger partial charge in [0.2, 0.25) is 0 Å². The van der Waals surface area contributed by atoms with Crippen LogP contribution >= 0.6 is 11.6 Å². The minimum Gasteiger partial charge on any atom is -0.497 e. The van der Waals surface area contributed by atoms with Crippen LogP contribution in [0.4, 0.5) is 0 Å². The second-order valence-corrected chi connectivity index (χ2v) is 8.30. The Labute approximate surface area is 192 Å². The molecule has 0 bridgehead atoms. The number of ether oxygens (including phenoxy) is 1. The summed E-state index contributed by atoms with van der Waals surface area (Å²) in [6.45, 7) is 4.20. The average molecular weight is 455 g/mol. The van der Waals surface area contributed by atoms with E-state index in [0.29, 0.717) is 17.3 Å². The molecule has 32 heavy (non-hydrogen) atoms. The fourth-order valence-electron chi connectivity index (χ4n) is 3.87. The van der Waals surface area contributed by atoms with Crippen molar-refractivity contribution in [1.82, 2.24) is 20.3 Å². The molecule has 4 rings (SSSR count). The van der Waals surface area contributed by atoms with Gasteiger partial charge in [0.25, 0.3) is 5.91 Å². The molecule has 1 atom stereocenters. The Morgan fingerprint density at radius 2 is 1.88 bits per heavy atom. The Bertz CT molecular complexity index is 1050. The molecule has 2 heterocycles. The fraction of sp³-hybridized carbons (Fsp3) is 0.333. The van der Waals surface area contributed by atoms with Crippen molar-refractivity contribution in [3.8, 4) is 17.1 Å². The summed E-state index contributed by atoms with van der Waals surface area (Å²) in [6, 6.07) is 16.8. The topological polar surface area (TPSA) is 70.8 Å². The van der Waals surface area contributed by atoms with Crippen LogP contribution in [-0.4, -0.2) is 67.7 Å². The van der Waals surface area contributed by atoms with Gasteiger partial charge in [-0.05, 0) is 42.9 Å². The number of hydrogen-bond donors (Lipinski definition) is 1. The lowest BCUT2D eigenvalue weighted by Crippen LogP contribution is -2.48. The number of aromatic nitrogens is 1. The maximum atomic E-state index is 12.8. The second-order valence-electron chi connectivity index (χ2n) is 7.89. The maximum Gasteiger partial charge on any atom is 0.273 e. The van der Waals surface area contributed by atoms with Gasteiger partial charge in [-0.25, -0.2) is 0 Å². The van der Waals surface area contributed by atoms with Gasteiger partial charge in [-0.1, -0.05) is 35.0 Å². The van der Waals surface area contributed by atoms with Crippen LogP contribution in [0.5, 0.6) is 5.75 Å². The molecule has 1 aromatic heterocycles. The van der Waals surface area contributed by atoms with Crippen molar-refractivity contribution >= 4 is 17.5 Å². The van der Waals surface area contributed by atoms with Crippen LogP contribution in [0.2, 0.25) is 5.02 Å².